The number of rotatable bonds is 5. The minimum absolute atomic E-state index is 0.105. The molecule has 152 valence electrons. The van der Waals surface area contributed by atoms with Gasteiger partial charge in [0.05, 0.1) is 18.0 Å². The van der Waals surface area contributed by atoms with E-state index in [1.54, 1.807) is 11.8 Å². The molecule has 0 radical (unpaired) electrons. The van der Waals surface area contributed by atoms with Crippen molar-refractivity contribution in [3.05, 3.63) is 66.7 Å². The van der Waals surface area contributed by atoms with Crippen molar-refractivity contribution in [2.75, 3.05) is 27.5 Å². The van der Waals surface area contributed by atoms with Crippen LogP contribution in [0.25, 0.3) is 0 Å². The lowest BCUT2D eigenvalue weighted by Gasteiger charge is -2.33. The molecule has 0 atom stereocenters. The van der Waals surface area contributed by atoms with E-state index in [0.29, 0.717) is 6.67 Å². The molecule has 0 saturated heterocycles. The van der Waals surface area contributed by atoms with Crippen molar-refractivity contribution in [3.63, 3.8) is 0 Å². The van der Waals surface area contributed by atoms with E-state index in [4.69, 9.17) is 0 Å². The lowest BCUT2D eigenvalue weighted by Crippen LogP contribution is -2.27. The number of carbonyl (C=O) groups is 2. The Balaban J connectivity index is 1.70. The number of fused-ring (bicyclic) bond motifs is 2. The van der Waals surface area contributed by atoms with Gasteiger partial charge in [0.1, 0.15) is 0 Å². The predicted molar refractivity (Wildman–Crippen MR) is 123 cm³/mol. The van der Waals surface area contributed by atoms with Crippen LogP contribution in [0.2, 0.25) is 0 Å². The Labute approximate surface area is 179 Å². The normalized spacial score (nSPS) is 11.9. The zero-order valence-corrected chi connectivity index (χ0v) is 17.5. The number of nitrogens with zero attached hydrogens (tertiary/aromatic N) is 1. The smallest absolute Gasteiger partial charge is 0.221 e. The largest absolute Gasteiger partial charge is 0.367 e. The molecule has 1 aliphatic heterocycles. The van der Waals surface area contributed by atoms with Crippen molar-refractivity contribution in [1.29, 1.82) is 0 Å². The van der Waals surface area contributed by atoms with Crippen LogP contribution in [0, 0.1) is 0 Å². The summed E-state index contributed by atoms with van der Waals surface area (Å²) in [6, 6.07) is 21.8. The molecular formula is C23H22N4O2S. The highest BCUT2D eigenvalue weighted by Crippen LogP contribution is 2.49. The van der Waals surface area contributed by atoms with Crippen molar-refractivity contribution in [2.45, 2.75) is 23.6 Å². The van der Waals surface area contributed by atoms with Crippen molar-refractivity contribution in [1.82, 2.24) is 0 Å². The van der Waals surface area contributed by atoms with E-state index in [0.717, 1.165) is 38.2 Å². The number of amides is 2. The fourth-order valence-electron chi connectivity index (χ4n) is 3.34. The van der Waals surface area contributed by atoms with Gasteiger partial charge in [-0.2, -0.15) is 0 Å². The van der Waals surface area contributed by atoms with Crippen LogP contribution in [0.3, 0.4) is 0 Å². The van der Waals surface area contributed by atoms with Gasteiger partial charge in [-0.25, -0.2) is 0 Å². The molecule has 1 heterocycles. The average Bonchev–Trinajstić information content (AvgIpc) is 2.70. The van der Waals surface area contributed by atoms with Gasteiger partial charge in [0.15, 0.2) is 0 Å². The summed E-state index contributed by atoms with van der Waals surface area (Å²) in [4.78, 5) is 27.2. The summed E-state index contributed by atoms with van der Waals surface area (Å²) in [5.41, 5.74) is 4.65. The number of hydrogen-bond acceptors (Lipinski definition) is 5. The molecule has 7 heteroatoms. The SMILES string of the molecule is CC(=O)Nc1ccc2c(c1)Sc1cc(NC(C)=O)ccc1N2CNc1ccccc1. The van der Waals surface area contributed by atoms with Gasteiger partial charge in [0.2, 0.25) is 11.8 Å². The molecule has 0 fully saturated rings. The van der Waals surface area contributed by atoms with E-state index in [1.807, 2.05) is 66.7 Å². The minimum Gasteiger partial charge on any atom is -0.367 e. The van der Waals surface area contributed by atoms with Crippen LogP contribution in [-0.2, 0) is 9.59 Å². The van der Waals surface area contributed by atoms with Gasteiger partial charge in [-0.1, -0.05) is 30.0 Å². The first-order chi connectivity index (χ1) is 14.5. The lowest BCUT2D eigenvalue weighted by molar-refractivity contribution is -0.115. The summed E-state index contributed by atoms with van der Waals surface area (Å²) in [6.07, 6.45) is 0. The second-order valence-corrected chi connectivity index (χ2v) is 8.04. The topological polar surface area (TPSA) is 73.5 Å². The van der Waals surface area contributed by atoms with E-state index in [-0.39, 0.29) is 11.8 Å². The maximum absolute atomic E-state index is 11.5. The third-order valence-electron chi connectivity index (χ3n) is 4.58. The quantitative estimate of drug-likeness (QED) is 0.526. The molecule has 1 aliphatic rings. The fourth-order valence-corrected chi connectivity index (χ4v) is 4.52. The minimum atomic E-state index is -0.105. The molecule has 30 heavy (non-hydrogen) atoms. The fraction of sp³-hybridized carbons (Fsp3) is 0.130. The van der Waals surface area contributed by atoms with Gasteiger partial charge in [-0.3, -0.25) is 9.59 Å². The molecule has 6 nitrogen and oxygen atoms in total. The van der Waals surface area contributed by atoms with Crippen molar-refractivity contribution in [3.8, 4) is 0 Å². The molecule has 4 rings (SSSR count). The summed E-state index contributed by atoms with van der Waals surface area (Å²) in [6.45, 7) is 3.57. The van der Waals surface area contributed by atoms with E-state index in [1.165, 1.54) is 13.8 Å². The maximum Gasteiger partial charge on any atom is 0.221 e. The molecule has 2 amide bonds. The Morgan fingerprint density at radius 1 is 0.767 bits per heavy atom. The van der Waals surface area contributed by atoms with E-state index >= 15 is 0 Å². The number of nitrogens with one attached hydrogen (secondary N) is 3. The molecule has 3 aromatic rings. The summed E-state index contributed by atoms with van der Waals surface area (Å²) in [7, 11) is 0. The molecular weight excluding hydrogens is 396 g/mol. The van der Waals surface area contributed by atoms with Gasteiger partial charge in [-0.15, -0.1) is 0 Å². The Kier molecular flexibility index (Phi) is 5.63. The third kappa shape index (κ3) is 4.41. The first-order valence-electron chi connectivity index (χ1n) is 9.57. The van der Waals surface area contributed by atoms with E-state index in [2.05, 4.69) is 20.9 Å². The van der Waals surface area contributed by atoms with Crippen molar-refractivity contribution in [2.24, 2.45) is 0 Å². The molecule has 0 spiro atoms. The van der Waals surface area contributed by atoms with E-state index < -0.39 is 0 Å². The first-order valence-corrected chi connectivity index (χ1v) is 10.4. The number of para-hydroxylation sites is 1. The Morgan fingerprint density at radius 2 is 1.30 bits per heavy atom. The number of hydrogen-bond donors (Lipinski definition) is 3. The van der Waals surface area contributed by atoms with Crippen LogP contribution in [0.4, 0.5) is 28.4 Å². The zero-order chi connectivity index (χ0) is 21.1. The lowest BCUT2D eigenvalue weighted by atomic mass is 10.2. The predicted octanol–water partition coefficient (Wildman–Crippen LogP) is 5.28. The zero-order valence-electron chi connectivity index (χ0n) is 16.7. The number of benzene rings is 3. The second kappa shape index (κ2) is 8.51. The average molecular weight is 419 g/mol. The highest BCUT2D eigenvalue weighted by Gasteiger charge is 2.24. The van der Waals surface area contributed by atoms with Crippen molar-refractivity contribution < 1.29 is 9.59 Å². The molecule has 3 N–H and O–H groups in total. The second-order valence-electron chi connectivity index (χ2n) is 6.96. The summed E-state index contributed by atoms with van der Waals surface area (Å²) in [5.74, 6) is -0.210. The van der Waals surface area contributed by atoms with Crippen LogP contribution in [0.15, 0.2) is 76.5 Å². The maximum atomic E-state index is 11.5. The van der Waals surface area contributed by atoms with Gasteiger partial charge in [-0.05, 0) is 48.5 Å². The summed E-state index contributed by atoms with van der Waals surface area (Å²) < 4.78 is 0. The van der Waals surface area contributed by atoms with Crippen LogP contribution in [0.1, 0.15) is 13.8 Å². The molecule has 0 unspecified atom stereocenters. The molecule has 3 aromatic carbocycles. The Bertz CT molecular complexity index is 1040. The van der Waals surface area contributed by atoms with Gasteiger partial charge in [0, 0.05) is 40.7 Å². The van der Waals surface area contributed by atoms with Crippen LogP contribution in [0.5, 0.6) is 0 Å². The molecule has 0 aliphatic carbocycles. The van der Waals surface area contributed by atoms with Gasteiger partial charge < -0.3 is 20.9 Å². The monoisotopic (exact) mass is 418 g/mol. The Hall–Kier alpha value is -3.45. The van der Waals surface area contributed by atoms with Gasteiger partial charge >= 0.3 is 0 Å². The third-order valence-corrected chi connectivity index (χ3v) is 5.67. The van der Waals surface area contributed by atoms with Crippen LogP contribution in [-0.4, -0.2) is 18.5 Å². The standard InChI is InChI=1S/C23H22N4O2S/c1-15(28)25-18-8-10-20-22(12-18)30-23-13-19(26-16(2)29)9-11-21(23)27(20)14-24-17-6-4-3-5-7-17/h3-13,24H,14H2,1-2H3,(H,25,28)(H,26,29). The highest BCUT2D eigenvalue weighted by molar-refractivity contribution is 7.99. The molecule has 0 aromatic heterocycles. The highest BCUT2D eigenvalue weighted by atomic mass is 32.2. The Morgan fingerprint density at radius 3 is 1.80 bits per heavy atom. The molecule has 0 saturated carbocycles. The molecule has 0 bridgehead atoms. The summed E-state index contributed by atoms with van der Waals surface area (Å²) in [5, 5.41) is 9.16. The van der Waals surface area contributed by atoms with Crippen molar-refractivity contribution >= 4 is 52.0 Å². The first kappa shape index (κ1) is 19.8. The van der Waals surface area contributed by atoms with Gasteiger partial charge in [0.25, 0.3) is 0 Å². The van der Waals surface area contributed by atoms with Crippen LogP contribution < -0.4 is 20.9 Å². The van der Waals surface area contributed by atoms with Crippen LogP contribution >= 0.6 is 11.8 Å². The number of carbonyl (C=O) groups excluding carboxylic acids is 2. The summed E-state index contributed by atoms with van der Waals surface area (Å²) >= 11 is 1.62. The van der Waals surface area contributed by atoms with E-state index in [9.17, 15) is 9.59 Å². The number of anilines is 5.